The van der Waals surface area contributed by atoms with E-state index in [0.29, 0.717) is 6.54 Å². The number of nitrogens with two attached hydrogens (primary N) is 1. The first kappa shape index (κ1) is 21.9. The van der Waals surface area contributed by atoms with E-state index in [2.05, 4.69) is 39.2 Å². The van der Waals surface area contributed by atoms with Gasteiger partial charge in [-0.2, -0.15) is 0 Å². The van der Waals surface area contributed by atoms with Gasteiger partial charge in [-0.25, -0.2) is 13.6 Å². The Balaban J connectivity index is 2.08. The molecular formula is C25H28N2O2S. The average Bonchev–Trinajstić information content (AvgIpc) is 2.97. The maximum Gasteiger partial charge on any atom is 0.238 e. The first-order chi connectivity index (χ1) is 14.3. The predicted octanol–water partition coefficient (Wildman–Crippen LogP) is 4.36. The Morgan fingerprint density at radius 2 is 1.97 bits per heavy atom. The molecule has 0 aliphatic carbocycles. The van der Waals surface area contributed by atoms with Crippen molar-refractivity contribution in [2.75, 3.05) is 6.54 Å². The van der Waals surface area contributed by atoms with Crippen molar-refractivity contribution in [1.82, 2.24) is 0 Å². The van der Waals surface area contributed by atoms with Crippen molar-refractivity contribution in [3.63, 3.8) is 0 Å². The van der Waals surface area contributed by atoms with Crippen LogP contribution in [0.25, 0.3) is 28.1 Å². The normalized spacial score (nSPS) is 13.8. The van der Waals surface area contributed by atoms with Gasteiger partial charge < -0.3 is 0 Å². The van der Waals surface area contributed by atoms with Crippen LogP contribution < -0.4 is 15.7 Å². The Hall–Kier alpha value is -2.76. The molecule has 0 fully saturated rings. The van der Waals surface area contributed by atoms with Crippen LogP contribution in [0.15, 0.2) is 76.2 Å². The van der Waals surface area contributed by atoms with E-state index in [1.807, 2.05) is 24.3 Å². The molecule has 2 N–H and O–H groups in total. The van der Waals surface area contributed by atoms with E-state index in [9.17, 15) is 8.42 Å². The molecule has 156 valence electrons. The van der Waals surface area contributed by atoms with E-state index in [1.54, 1.807) is 12.1 Å². The summed E-state index contributed by atoms with van der Waals surface area (Å²) in [5.41, 5.74) is 2.34. The summed E-state index contributed by atoms with van der Waals surface area (Å²) < 4.78 is 23.9. The molecular weight excluding hydrogens is 392 g/mol. The molecule has 3 aromatic rings. The molecule has 5 heteroatoms. The number of nitrogens with zero attached hydrogens (tertiary/aromatic N) is 1. The zero-order chi connectivity index (χ0) is 21.9. The lowest BCUT2D eigenvalue weighted by atomic mass is 10.1. The Bertz CT molecular complexity index is 1370. The van der Waals surface area contributed by atoms with Gasteiger partial charge in [0.25, 0.3) is 0 Å². The Morgan fingerprint density at radius 3 is 2.63 bits per heavy atom. The van der Waals surface area contributed by atoms with Crippen LogP contribution in [0.1, 0.15) is 33.1 Å². The zero-order valence-electron chi connectivity index (χ0n) is 17.6. The van der Waals surface area contributed by atoms with Crippen molar-refractivity contribution in [2.45, 2.75) is 38.0 Å². The highest BCUT2D eigenvalue weighted by Crippen LogP contribution is 2.26. The second-order valence-electron chi connectivity index (χ2n) is 7.47. The van der Waals surface area contributed by atoms with E-state index in [0.717, 1.165) is 57.0 Å². The lowest BCUT2D eigenvalue weighted by Crippen LogP contribution is -2.20. The number of hydrogen-bond donors (Lipinski definition) is 1. The summed E-state index contributed by atoms with van der Waals surface area (Å²) in [5, 5.41) is 10.5. The van der Waals surface area contributed by atoms with Crippen LogP contribution in [-0.2, 0) is 10.0 Å². The van der Waals surface area contributed by atoms with Gasteiger partial charge in [-0.1, -0.05) is 75.4 Å². The molecule has 0 radical (unpaired) electrons. The van der Waals surface area contributed by atoms with Gasteiger partial charge in [-0.05, 0) is 46.7 Å². The summed E-state index contributed by atoms with van der Waals surface area (Å²) in [6.07, 6.45) is 9.23. The van der Waals surface area contributed by atoms with Crippen LogP contribution in [-0.4, -0.2) is 15.0 Å². The number of hydrogen-bond acceptors (Lipinski definition) is 3. The van der Waals surface area contributed by atoms with E-state index >= 15 is 0 Å². The maximum atomic E-state index is 12.0. The van der Waals surface area contributed by atoms with Crippen LogP contribution in [0.4, 0.5) is 0 Å². The first-order valence-electron chi connectivity index (χ1n) is 10.1. The summed E-state index contributed by atoms with van der Waals surface area (Å²) >= 11 is 0. The molecule has 0 heterocycles. The second kappa shape index (κ2) is 8.94. The standard InChI is InChI=1S/C25H28N2O2S/c1-5-9-19(14-17(3)6-2)10-8-13-27-25-18(4)22-12-7-11-20-15-21(30(26,28)29)16-23(25)24(20)22/h7-8,10-12,14-16H,3-6,9,13H2,1-2H3,(H2,26,28,29)/b10-8-,19-14-,27-25+. The average molecular weight is 421 g/mol. The molecule has 0 atom stereocenters. The smallest absolute Gasteiger partial charge is 0.238 e. The third kappa shape index (κ3) is 4.53. The van der Waals surface area contributed by atoms with Crippen LogP contribution in [0, 0.1) is 0 Å². The quantitative estimate of drug-likeness (QED) is 0.550. The Labute approximate surface area is 178 Å². The van der Waals surface area contributed by atoms with Crippen molar-refractivity contribution in [3.05, 3.63) is 76.9 Å². The molecule has 0 spiro atoms. The molecule has 3 aromatic carbocycles. The van der Waals surface area contributed by atoms with Gasteiger partial charge >= 0.3 is 0 Å². The Morgan fingerprint density at radius 1 is 1.20 bits per heavy atom. The number of rotatable bonds is 8. The van der Waals surface area contributed by atoms with Crippen molar-refractivity contribution in [3.8, 4) is 0 Å². The van der Waals surface area contributed by atoms with Gasteiger partial charge in [0, 0.05) is 10.6 Å². The third-order valence-electron chi connectivity index (χ3n) is 5.21. The minimum Gasteiger partial charge on any atom is -0.280 e. The molecule has 0 saturated carbocycles. The van der Waals surface area contributed by atoms with E-state index in [4.69, 9.17) is 10.1 Å². The van der Waals surface area contributed by atoms with E-state index in [-0.39, 0.29) is 4.90 Å². The number of benzene rings is 2. The molecule has 30 heavy (non-hydrogen) atoms. The highest BCUT2D eigenvalue weighted by atomic mass is 32.2. The van der Waals surface area contributed by atoms with Crippen LogP contribution >= 0.6 is 0 Å². The topological polar surface area (TPSA) is 72.5 Å². The van der Waals surface area contributed by atoms with E-state index in [1.165, 1.54) is 5.57 Å². The van der Waals surface area contributed by atoms with Crippen LogP contribution in [0.2, 0.25) is 0 Å². The minimum atomic E-state index is -3.82. The van der Waals surface area contributed by atoms with Crippen molar-refractivity contribution in [2.24, 2.45) is 10.1 Å². The summed E-state index contributed by atoms with van der Waals surface area (Å²) in [6, 6.07) is 8.98. The van der Waals surface area contributed by atoms with Crippen LogP contribution in [0.3, 0.4) is 0 Å². The fourth-order valence-corrected chi connectivity index (χ4v) is 4.25. The monoisotopic (exact) mass is 420 g/mol. The van der Waals surface area contributed by atoms with Gasteiger partial charge in [0.05, 0.1) is 16.8 Å². The van der Waals surface area contributed by atoms with Crippen molar-refractivity contribution >= 4 is 38.1 Å². The second-order valence-corrected chi connectivity index (χ2v) is 9.03. The molecule has 0 aliphatic heterocycles. The van der Waals surface area contributed by atoms with Crippen LogP contribution in [0.5, 0.6) is 0 Å². The molecule has 0 amide bonds. The lowest BCUT2D eigenvalue weighted by Gasteiger charge is -2.03. The van der Waals surface area contributed by atoms with Gasteiger partial charge in [-0.15, -0.1) is 0 Å². The van der Waals surface area contributed by atoms with Gasteiger partial charge in [-0.3, -0.25) is 4.99 Å². The SMILES string of the molecule is C=C(/C=C(\C=C/C/N=c1\c(=C)c2cccc3cc(S(N)(=O)=O)cc1c32)CCC)CC. The van der Waals surface area contributed by atoms with Crippen molar-refractivity contribution < 1.29 is 8.42 Å². The summed E-state index contributed by atoms with van der Waals surface area (Å²) in [6.45, 7) is 13.0. The van der Waals surface area contributed by atoms with Gasteiger partial charge in [0.1, 0.15) is 0 Å². The molecule has 4 nitrogen and oxygen atoms in total. The highest BCUT2D eigenvalue weighted by molar-refractivity contribution is 7.89. The van der Waals surface area contributed by atoms with Gasteiger partial charge in [0.2, 0.25) is 10.0 Å². The third-order valence-corrected chi connectivity index (χ3v) is 6.11. The molecule has 3 rings (SSSR count). The zero-order valence-corrected chi connectivity index (χ0v) is 18.4. The molecule has 0 unspecified atom stereocenters. The first-order valence-corrected chi connectivity index (χ1v) is 11.7. The molecule has 0 aliphatic rings. The van der Waals surface area contributed by atoms with Gasteiger partial charge in [0.15, 0.2) is 0 Å². The molecule has 0 aromatic heterocycles. The number of sulfonamides is 1. The summed E-state index contributed by atoms with van der Waals surface area (Å²) in [4.78, 5) is 4.83. The fourth-order valence-electron chi connectivity index (χ4n) is 3.68. The predicted molar refractivity (Wildman–Crippen MR) is 127 cm³/mol. The Kier molecular flexibility index (Phi) is 6.54. The van der Waals surface area contributed by atoms with E-state index < -0.39 is 10.0 Å². The lowest BCUT2D eigenvalue weighted by molar-refractivity contribution is 0.598. The molecule has 0 bridgehead atoms. The number of allylic oxidation sites excluding steroid dienone is 4. The molecule has 0 saturated heterocycles. The van der Waals surface area contributed by atoms with Crippen molar-refractivity contribution in [1.29, 1.82) is 0 Å². The number of primary sulfonamides is 1. The minimum absolute atomic E-state index is 0.0892. The summed E-state index contributed by atoms with van der Waals surface area (Å²) in [5.74, 6) is 0. The highest BCUT2D eigenvalue weighted by Gasteiger charge is 2.15. The largest absolute Gasteiger partial charge is 0.280 e. The maximum absolute atomic E-state index is 12.0. The fraction of sp³-hybridized carbons (Fsp3) is 0.240. The summed E-state index contributed by atoms with van der Waals surface area (Å²) in [7, 11) is -3.82.